The van der Waals surface area contributed by atoms with Crippen LogP contribution in [0, 0.1) is 5.95 Å². The van der Waals surface area contributed by atoms with Crippen LogP contribution in [0.15, 0.2) is 36.0 Å². The third-order valence-corrected chi connectivity index (χ3v) is 5.10. The van der Waals surface area contributed by atoms with Gasteiger partial charge in [0.1, 0.15) is 0 Å². The van der Waals surface area contributed by atoms with E-state index in [9.17, 15) is 4.39 Å². The topological polar surface area (TPSA) is 41.9 Å². The second kappa shape index (κ2) is 6.55. The van der Waals surface area contributed by atoms with E-state index in [-0.39, 0.29) is 0 Å². The molecular formula is C17H14ClFN4S. The summed E-state index contributed by atoms with van der Waals surface area (Å²) in [5.74, 6) is 0.316. The third kappa shape index (κ3) is 3.17. The zero-order valence-electron chi connectivity index (χ0n) is 12.7. The summed E-state index contributed by atoms with van der Waals surface area (Å²) in [6, 6.07) is 5.66. The highest BCUT2D eigenvalue weighted by atomic mass is 35.5. The van der Waals surface area contributed by atoms with Crippen LogP contribution in [0.2, 0.25) is 5.02 Å². The van der Waals surface area contributed by atoms with E-state index in [4.69, 9.17) is 16.6 Å². The standard InChI is InChI=1S/C17H14ClFN4S/c18-13-6-11(16(19)20-8-13)9-23-4-3-14-12(10-23)7-21-17(22-14)15-2-1-5-24-15/h1-2,5-8H,3-4,9-10H2. The number of halogens is 2. The summed E-state index contributed by atoms with van der Waals surface area (Å²) in [6.07, 6.45) is 4.04. The van der Waals surface area contributed by atoms with E-state index in [2.05, 4.69) is 14.9 Å². The minimum Gasteiger partial charge on any atom is -0.294 e. The summed E-state index contributed by atoms with van der Waals surface area (Å²) in [4.78, 5) is 16.1. The Labute approximate surface area is 148 Å². The number of hydrogen-bond acceptors (Lipinski definition) is 5. The fourth-order valence-electron chi connectivity index (χ4n) is 2.85. The molecule has 4 rings (SSSR count). The molecule has 0 aliphatic carbocycles. The van der Waals surface area contributed by atoms with Crippen molar-refractivity contribution in [2.75, 3.05) is 6.54 Å². The van der Waals surface area contributed by atoms with Crippen LogP contribution in [0.5, 0.6) is 0 Å². The Bertz CT molecular complexity index is 869. The normalized spacial score (nSPS) is 14.6. The smallest absolute Gasteiger partial charge is 0.217 e. The predicted molar refractivity (Wildman–Crippen MR) is 92.4 cm³/mol. The molecule has 4 nitrogen and oxygen atoms in total. The first kappa shape index (κ1) is 15.6. The second-order valence-electron chi connectivity index (χ2n) is 5.71. The van der Waals surface area contributed by atoms with Gasteiger partial charge in [0.15, 0.2) is 5.82 Å². The molecule has 0 N–H and O–H groups in total. The Balaban J connectivity index is 1.53. The molecule has 24 heavy (non-hydrogen) atoms. The molecule has 3 aromatic rings. The largest absolute Gasteiger partial charge is 0.294 e. The van der Waals surface area contributed by atoms with Crippen LogP contribution >= 0.6 is 22.9 Å². The Morgan fingerprint density at radius 2 is 2.21 bits per heavy atom. The number of thiophene rings is 1. The van der Waals surface area contributed by atoms with Gasteiger partial charge in [-0.2, -0.15) is 4.39 Å². The molecule has 0 fully saturated rings. The number of pyridine rings is 1. The van der Waals surface area contributed by atoms with E-state index >= 15 is 0 Å². The van der Waals surface area contributed by atoms with Crippen molar-refractivity contribution in [3.05, 3.63) is 63.8 Å². The highest BCUT2D eigenvalue weighted by Crippen LogP contribution is 2.25. The van der Waals surface area contributed by atoms with Crippen LogP contribution in [0.4, 0.5) is 4.39 Å². The maximum atomic E-state index is 13.8. The van der Waals surface area contributed by atoms with Crippen molar-refractivity contribution in [2.45, 2.75) is 19.5 Å². The molecule has 4 heterocycles. The summed E-state index contributed by atoms with van der Waals surface area (Å²) >= 11 is 7.55. The van der Waals surface area contributed by atoms with E-state index < -0.39 is 5.95 Å². The van der Waals surface area contributed by atoms with Crippen molar-refractivity contribution in [3.8, 4) is 10.7 Å². The van der Waals surface area contributed by atoms with Crippen molar-refractivity contribution in [1.29, 1.82) is 0 Å². The van der Waals surface area contributed by atoms with Crippen LogP contribution in [-0.2, 0) is 19.5 Å². The van der Waals surface area contributed by atoms with E-state index in [0.29, 0.717) is 23.7 Å². The molecule has 0 bridgehead atoms. The lowest BCUT2D eigenvalue weighted by Crippen LogP contribution is -2.31. The van der Waals surface area contributed by atoms with E-state index in [1.165, 1.54) is 6.20 Å². The molecular weight excluding hydrogens is 347 g/mol. The Kier molecular flexibility index (Phi) is 4.26. The van der Waals surface area contributed by atoms with Crippen molar-refractivity contribution in [1.82, 2.24) is 19.9 Å². The van der Waals surface area contributed by atoms with Gasteiger partial charge in [0.2, 0.25) is 5.95 Å². The van der Waals surface area contributed by atoms with Gasteiger partial charge in [-0.3, -0.25) is 4.90 Å². The molecule has 1 aliphatic rings. The fourth-order valence-corrected chi connectivity index (χ4v) is 3.70. The number of nitrogens with zero attached hydrogens (tertiary/aromatic N) is 4. The molecule has 0 atom stereocenters. The summed E-state index contributed by atoms with van der Waals surface area (Å²) in [7, 11) is 0. The second-order valence-corrected chi connectivity index (χ2v) is 7.09. The van der Waals surface area contributed by atoms with Crippen LogP contribution in [0.3, 0.4) is 0 Å². The average molecular weight is 361 g/mol. The lowest BCUT2D eigenvalue weighted by Gasteiger charge is -2.28. The van der Waals surface area contributed by atoms with Crippen molar-refractivity contribution in [3.63, 3.8) is 0 Å². The Hall–Kier alpha value is -1.89. The van der Waals surface area contributed by atoms with Gasteiger partial charge in [-0.25, -0.2) is 15.0 Å². The maximum absolute atomic E-state index is 13.8. The van der Waals surface area contributed by atoms with E-state index in [0.717, 1.165) is 34.9 Å². The Morgan fingerprint density at radius 1 is 1.29 bits per heavy atom. The first-order valence-corrected chi connectivity index (χ1v) is 8.86. The zero-order chi connectivity index (χ0) is 16.5. The van der Waals surface area contributed by atoms with Gasteiger partial charge in [-0.15, -0.1) is 11.3 Å². The zero-order valence-corrected chi connectivity index (χ0v) is 14.3. The van der Waals surface area contributed by atoms with Crippen LogP contribution in [0.25, 0.3) is 10.7 Å². The molecule has 0 spiro atoms. The van der Waals surface area contributed by atoms with Gasteiger partial charge in [-0.05, 0) is 17.5 Å². The molecule has 0 amide bonds. The van der Waals surface area contributed by atoms with Crippen LogP contribution < -0.4 is 0 Å². The van der Waals surface area contributed by atoms with Crippen LogP contribution in [-0.4, -0.2) is 26.4 Å². The molecule has 0 aromatic carbocycles. The SMILES string of the molecule is Fc1ncc(Cl)cc1CN1CCc2nc(-c3cccs3)ncc2C1. The number of fused-ring (bicyclic) bond motifs is 1. The first-order valence-electron chi connectivity index (χ1n) is 7.60. The lowest BCUT2D eigenvalue weighted by atomic mass is 10.1. The van der Waals surface area contributed by atoms with E-state index in [1.807, 2.05) is 23.7 Å². The van der Waals surface area contributed by atoms with Gasteiger partial charge < -0.3 is 0 Å². The van der Waals surface area contributed by atoms with Crippen LogP contribution in [0.1, 0.15) is 16.8 Å². The highest BCUT2D eigenvalue weighted by molar-refractivity contribution is 7.13. The average Bonchev–Trinajstić information content (AvgIpc) is 3.12. The summed E-state index contributed by atoms with van der Waals surface area (Å²) in [6.45, 7) is 2.00. The Morgan fingerprint density at radius 3 is 3.04 bits per heavy atom. The minimum atomic E-state index is -0.463. The molecule has 0 radical (unpaired) electrons. The fraction of sp³-hybridized carbons (Fsp3) is 0.235. The maximum Gasteiger partial charge on any atom is 0.217 e. The monoisotopic (exact) mass is 360 g/mol. The van der Waals surface area contributed by atoms with Crippen molar-refractivity contribution in [2.24, 2.45) is 0 Å². The van der Waals surface area contributed by atoms with Crippen molar-refractivity contribution < 1.29 is 4.39 Å². The predicted octanol–water partition coefficient (Wildman–Crippen LogP) is 3.95. The van der Waals surface area contributed by atoms with Gasteiger partial charge >= 0.3 is 0 Å². The number of rotatable bonds is 3. The molecule has 3 aromatic heterocycles. The molecule has 0 unspecified atom stereocenters. The van der Waals surface area contributed by atoms with Crippen molar-refractivity contribution >= 4 is 22.9 Å². The van der Waals surface area contributed by atoms with Gasteiger partial charge in [-0.1, -0.05) is 17.7 Å². The third-order valence-electron chi connectivity index (χ3n) is 4.03. The number of hydrogen-bond donors (Lipinski definition) is 0. The van der Waals surface area contributed by atoms with Gasteiger partial charge in [0, 0.05) is 49.6 Å². The molecule has 7 heteroatoms. The number of aromatic nitrogens is 3. The molecule has 122 valence electrons. The summed E-state index contributed by atoms with van der Waals surface area (Å²) in [5, 5.41) is 2.47. The van der Waals surface area contributed by atoms with Gasteiger partial charge in [0.05, 0.1) is 15.6 Å². The summed E-state index contributed by atoms with van der Waals surface area (Å²) in [5.41, 5.74) is 2.69. The molecule has 1 aliphatic heterocycles. The first-order chi connectivity index (χ1) is 11.7. The molecule has 0 saturated heterocycles. The van der Waals surface area contributed by atoms with E-state index in [1.54, 1.807) is 17.4 Å². The quantitative estimate of drug-likeness (QED) is 0.663. The minimum absolute atomic E-state index is 0.452. The molecule has 0 saturated carbocycles. The summed E-state index contributed by atoms with van der Waals surface area (Å²) < 4.78 is 13.8. The highest BCUT2D eigenvalue weighted by Gasteiger charge is 2.20. The lowest BCUT2D eigenvalue weighted by molar-refractivity contribution is 0.239. The van der Waals surface area contributed by atoms with Gasteiger partial charge in [0.25, 0.3) is 0 Å².